The maximum atomic E-state index is 15.1. The fourth-order valence-electron chi connectivity index (χ4n) is 8.38. The van der Waals surface area contributed by atoms with Crippen molar-refractivity contribution >= 4 is 23.4 Å². The molecule has 3 saturated heterocycles. The highest BCUT2D eigenvalue weighted by Gasteiger charge is 2.79. The minimum atomic E-state index is -1.22. The smallest absolute Gasteiger partial charge is 0.253 e. The first-order chi connectivity index (χ1) is 22.0. The second kappa shape index (κ2) is 13.2. The average molecular weight is 628 g/mol. The summed E-state index contributed by atoms with van der Waals surface area (Å²) in [5.41, 5.74) is 1.46. The van der Waals surface area contributed by atoms with Crippen LogP contribution in [-0.2, 0) is 25.7 Å². The number of rotatable bonds is 13. The van der Waals surface area contributed by atoms with Crippen LogP contribution in [0, 0.1) is 31.6 Å². The Morgan fingerprint density at radius 1 is 1.04 bits per heavy atom. The molecule has 0 aliphatic carbocycles. The number of anilines is 1. The van der Waals surface area contributed by atoms with Crippen LogP contribution in [0.2, 0.25) is 0 Å². The van der Waals surface area contributed by atoms with Crippen molar-refractivity contribution in [2.24, 2.45) is 17.8 Å². The van der Waals surface area contributed by atoms with Gasteiger partial charge in [0, 0.05) is 25.3 Å². The third-order valence-corrected chi connectivity index (χ3v) is 10.7. The van der Waals surface area contributed by atoms with Crippen LogP contribution in [0.1, 0.15) is 56.7 Å². The minimum absolute atomic E-state index is 0.0928. The Kier molecular flexibility index (Phi) is 9.62. The molecule has 7 atom stereocenters. The molecular formula is C38H49N3O5. The van der Waals surface area contributed by atoms with E-state index in [1.54, 1.807) is 26.9 Å². The van der Waals surface area contributed by atoms with Gasteiger partial charge in [0.25, 0.3) is 5.91 Å². The number of benzene rings is 2. The number of carbonyl (C=O) groups is 3. The minimum Gasteiger partial charge on any atom is -0.394 e. The van der Waals surface area contributed by atoms with Gasteiger partial charge in [-0.1, -0.05) is 81.0 Å². The van der Waals surface area contributed by atoms with Gasteiger partial charge in [0.2, 0.25) is 11.8 Å². The van der Waals surface area contributed by atoms with Crippen LogP contribution in [-0.4, -0.2) is 75.6 Å². The first kappa shape index (κ1) is 33.6. The lowest BCUT2D eigenvalue weighted by Gasteiger charge is -2.41. The zero-order valence-electron chi connectivity index (χ0n) is 27.9. The Balaban J connectivity index is 1.64. The maximum Gasteiger partial charge on any atom is 0.253 e. The number of fused-ring (bicyclic) bond motifs is 1. The second-order valence-corrected chi connectivity index (χ2v) is 13.6. The lowest BCUT2D eigenvalue weighted by atomic mass is 9.66. The van der Waals surface area contributed by atoms with Crippen molar-refractivity contribution in [1.29, 1.82) is 0 Å². The van der Waals surface area contributed by atoms with E-state index in [1.807, 2.05) is 83.1 Å². The second-order valence-electron chi connectivity index (χ2n) is 13.6. The molecule has 46 heavy (non-hydrogen) atoms. The molecule has 2 aromatic carbocycles. The zero-order chi connectivity index (χ0) is 33.4. The van der Waals surface area contributed by atoms with Crippen LogP contribution < -0.4 is 4.90 Å². The van der Waals surface area contributed by atoms with E-state index < -0.39 is 35.1 Å². The molecule has 1 spiro atoms. The molecule has 2 aromatic rings. The van der Waals surface area contributed by atoms with Gasteiger partial charge in [-0.2, -0.15) is 0 Å². The van der Waals surface area contributed by atoms with E-state index in [0.29, 0.717) is 32.4 Å². The SMILES string of the molecule is C=CCN(Cc1ccccc1)C(=O)[C@H]1[C@H]2C(=O)N([C@@H](CO)[C@@H](C)CC)C(C(=O)N(CC=C)c3c(C)cccc3C)C23CC[C@]1(C)O3. The fourth-order valence-corrected chi connectivity index (χ4v) is 8.38. The van der Waals surface area contributed by atoms with Crippen molar-refractivity contribution < 1.29 is 24.2 Å². The monoisotopic (exact) mass is 627 g/mol. The number of amides is 3. The first-order valence-corrected chi connectivity index (χ1v) is 16.5. The Morgan fingerprint density at radius 3 is 2.28 bits per heavy atom. The number of aliphatic hydroxyl groups is 1. The Bertz CT molecular complexity index is 1470. The van der Waals surface area contributed by atoms with E-state index in [9.17, 15) is 14.7 Å². The molecule has 3 fully saturated rings. The molecule has 2 unspecified atom stereocenters. The summed E-state index contributed by atoms with van der Waals surface area (Å²) in [6.45, 7) is 18.3. The van der Waals surface area contributed by atoms with Crippen molar-refractivity contribution in [2.75, 3.05) is 24.6 Å². The van der Waals surface area contributed by atoms with Crippen molar-refractivity contribution in [2.45, 2.75) is 83.7 Å². The molecule has 8 nitrogen and oxygen atoms in total. The number of para-hydroxylation sites is 1. The van der Waals surface area contributed by atoms with Crippen LogP contribution in [0.4, 0.5) is 5.69 Å². The van der Waals surface area contributed by atoms with Crippen molar-refractivity contribution in [3.8, 4) is 0 Å². The van der Waals surface area contributed by atoms with Crippen LogP contribution in [0.25, 0.3) is 0 Å². The van der Waals surface area contributed by atoms with Gasteiger partial charge < -0.3 is 24.5 Å². The van der Waals surface area contributed by atoms with E-state index in [-0.39, 0.29) is 36.8 Å². The lowest BCUT2D eigenvalue weighted by molar-refractivity contribution is -0.153. The Morgan fingerprint density at radius 2 is 1.70 bits per heavy atom. The molecule has 3 heterocycles. The fraction of sp³-hybridized carbons (Fsp3) is 0.500. The third kappa shape index (κ3) is 5.39. The summed E-state index contributed by atoms with van der Waals surface area (Å²) < 4.78 is 6.96. The number of hydrogen-bond acceptors (Lipinski definition) is 5. The molecule has 3 aliphatic heterocycles. The molecule has 3 amide bonds. The first-order valence-electron chi connectivity index (χ1n) is 16.5. The normalized spacial score (nSPS) is 27.7. The highest BCUT2D eigenvalue weighted by Crippen LogP contribution is 2.64. The molecule has 246 valence electrons. The largest absolute Gasteiger partial charge is 0.394 e. The molecule has 5 rings (SSSR count). The molecule has 0 saturated carbocycles. The van der Waals surface area contributed by atoms with Gasteiger partial charge in [-0.05, 0) is 56.2 Å². The van der Waals surface area contributed by atoms with Gasteiger partial charge >= 0.3 is 0 Å². The van der Waals surface area contributed by atoms with Crippen LogP contribution in [0.5, 0.6) is 0 Å². The molecule has 2 bridgehead atoms. The molecule has 8 heteroatoms. The van der Waals surface area contributed by atoms with E-state index >= 15 is 4.79 Å². The lowest BCUT2D eigenvalue weighted by Crippen LogP contribution is -2.60. The highest BCUT2D eigenvalue weighted by molar-refractivity contribution is 6.06. The van der Waals surface area contributed by atoms with E-state index in [2.05, 4.69) is 13.2 Å². The number of carbonyl (C=O) groups excluding carboxylic acids is 3. The van der Waals surface area contributed by atoms with Crippen molar-refractivity contribution in [3.05, 3.63) is 90.5 Å². The summed E-state index contributed by atoms with van der Waals surface area (Å²) in [6.07, 6.45) is 5.09. The van der Waals surface area contributed by atoms with Gasteiger partial charge in [-0.3, -0.25) is 14.4 Å². The van der Waals surface area contributed by atoms with Crippen LogP contribution in [0.15, 0.2) is 73.8 Å². The molecular weight excluding hydrogens is 578 g/mol. The number of hydrogen-bond donors (Lipinski definition) is 1. The van der Waals surface area contributed by atoms with E-state index in [0.717, 1.165) is 22.4 Å². The molecule has 1 N–H and O–H groups in total. The summed E-state index contributed by atoms with van der Waals surface area (Å²) in [5.74, 6) is -2.50. The third-order valence-electron chi connectivity index (χ3n) is 10.7. The van der Waals surface area contributed by atoms with E-state index in [4.69, 9.17) is 4.74 Å². The predicted octanol–water partition coefficient (Wildman–Crippen LogP) is 5.21. The average Bonchev–Trinajstić information content (AvgIpc) is 3.61. The zero-order valence-corrected chi connectivity index (χ0v) is 27.9. The maximum absolute atomic E-state index is 15.1. The van der Waals surface area contributed by atoms with Crippen LogP contribution in [0.3, 0.4) is 0 Å². The Hall–Kier alpha value is -3.75. The van der Waals surface area contributed by atoms with Gasteiger partial charge in [0.05, 0.1) is 30.1 Å². The van der Waals surface area contributed by atoms with Crippen LogP contribution >= 0.6 is 0 Å². The highest BCUT2D eigenvalue weighted by atomic mass is 16.5. The predicted molar refractivity (Wildman–Crippen MR) is 180 cm³/mol. The van der Waals surface area contributed by atoms with Crippen molar-refractivity contribution in [3.63, 3.8) is 0 Å². The number of aryl methyl sites for hydroxylation is 2. The number of ether oxygens (including phenoxy) is 1. The van der Waals surface area contributed by atoms with Gasteiger partial charge in [-0.25, -0.2) is 0 Å². The van der Waals surface area contributed by atoms with E-state index in [1.165, 1.54) is 0 Å². The summed E-state index contributed by atoms with van der Waals surface area (Å²) in [5, 5.41) is 10.8. The van der Waals surface area contributed by atoms with Gasteiger partial charge in [0.15, 0.2) is 0 Å². The topological polar surface area (TPSA) is 90.4 Å². The standard InChI is InChI=1S/C38H49N3O5/c1-8-21-39(23-28-17-12-11-13-18-28)34(43)30-31-35(44)41(29(24-42)25(4)10-3)33(38(31)20-19-37(30,7)46-38)36(45)40(22-9-2)32-26(5)15-14-16-27(32)6/h8-9,11-18,25,29-31,33,42H,1-2,10,19-24H2,3-7H3/t25-,29-,30+,31-,33?,37-,38?/m0/s1. The summed E-state index contributed by atoms with van der Waals surface area (Å²) in [4.78, 5) is 49.7. The summed E-state index contributed by atoms with van der Waals surface area (Å²) in [6, 6.07) is 14.0. The van der Waals surface area contributed by atoms with Crippen molar-refractivity contribution in [1.82, 2.24) is 9.80 Å². The number of likely N-dealkylation sites (tertiary alicyclic amines) is 1. The quantitative estimate of drug-likeness (QED) is 0.308. The Labute approximate surface area is 273 Å². The molecule has 0 radical (unpaired) electrons. The molecule has 0 aromatic heterocycles. The molecule has 3 aliphatic rings. The number of nitrogens with zero attached hydrogens (tertiary/aromatic N) is 3. The van der Waals surface area contributed by atoms with Gasteiger partial charge in [0.1, 0.15) is 11.6 Å². The number of aliphatic hydroxyl groups excluding tert-OH is 1. The van der Waals surface area contributed by atoms with Gasteiger partial charge in [-0.15, -0.1) is 13.2 Å². The summed E-state index contributed by atoms with van der Waals surface area (Å²) >= 11 is 0. The summed E-state index contributed by atoms with van der Waals surface area (Å²) in [7, 11) is 0.